The molecule has 26 heavy (non-hydrogen) atoms. The van der Waals surface area contributed by atoms with Gasteiger partial charge in [-0.2, -0.15) is 5.10 Å². The van der Waals surface area contributed by atoms with E-state index in [1.165, 1.54) is 11.3 Å². The van der Waals surface area contributed by atoms with Crippen molar-refractivity contribution in [3.05, 3.63) is 63.5 Å². The number of para-hydroxylation sites is 1. The number of fused-ring (bicyclic) bond motifs is 1. The van der Waals surface area contributed by atoms with E-state index in [1.54, 1.807) is 13.0 Å². The Bertz CT molecular complexity index is 1060. The van der Waals surface area contributed by atoms with Gasteiger partial charge in [-0.15, -0.1) is 11.3 Å². The van der Waals surface area contributed by atoms with Crippen LogP contribution in [0.3, 0.4) is 0 Å². The average Bonchev–Trinajstić information content (AvgIpc) is 3.35. The predicted molar refractivity (Wildman–Crippen MR) is 101 cm³/mol. The number of hydrogen-bond donors (Lipinski definition) is 2. The Kier molecular flexibility index (Phi) is 4.14. The van der Waals surface area contributed by atoms with Gasteiger partial charge in [-0.05, 0) is 30.5 Å². The number of carbonyl (C=O) groups is 2. The quantitative estimate of drug-likeness (QED) is 0.549. The lowest BCUT2D eigenvalue weighted by molar-refractivity contribution is -0.116. The lowest BCUT2D eigenvalue weighted by Gasteiger charge is -2.03. The fourth-order valence-electron chi connectivity index (χ4n) is 2.91. The van der Waals surface area contributed by atoms with E-state index in [-0.39, 0.29) is 12.5 Å². The summed E-state index contributed by atoms with van der Waals surface area (Å²) in [7, 11) is 0. The van der Waals surface area contributed by atoms with Gasteiger partial charge in [0.25, 0.3) is 5.91 Å². The molecule has 3 aromatic rings. The van der Waals surface area contributed by atoms with Crippen molar-refractivity contribution >= 4 is 45.9 Å². The predicted octanol–water partition coefficient (Wildman–Crippen LogP) is 3.32. The third kappa shape index (κ3) is 2.72. The number of hydrazone groups is 1. The molecule has 6 nitrogen and oxygen atoms in total. The minimum absolute atomic E-state index is 0.275. The zero-order valence-corrected chi connectivity index (χ0v) is 14.7. The Hall–Kier alpha value is -3.19. The SMILES string of the molecule is CCOC(=O)c1c(C=C2C(=O)NN=C2c2cccs2)[nH]c2ccccc12. The van der Waals surface area contributed by atoms with Crippen molar-refractivity contribution in [2.45, 2.75) is 6.92 Å². The molecule has 130 valence electrons. The number of nitrogens with zero attached hydrogens (tertiary/aromatic N) is 1. The van der Waals surface area contributed by atoms with Gasteiger partial charge in [-0.3, -0.25) is 4.79 Å². The second-order valence-electron chi connectivity index (χ2n) is 5.62. The van der Waals surface area contributed by atoms with Gasteiger partial charge in [-0.25, -0.2) is 10.2 Å². The molecule has 0 fully saturated rings. The number of hydrogen-bond acceptors (Lipinski definition) is 5. The number of esters is 1. The number of thiophene rings is 1. The van der Waals surface area contributed by atoms with Crippen molar-refractivity contribution in [3.63, 3.8) is 0 Å². The first kappa shape index (κ1) is 16.3. The van der Waals surface area contributed by atoms with Gasteiger partial charge in [0.15, 0.2) is 0 Å². The van der Waals surface area contributed by atoms with E-state index < -0.39 is 5.97 Å². The van der Waals surface area contributed by atoms with Crippen LogP contribution in [0, 0.1) is 0 Å². The molecule has 0 radical (unpaired) electrons. The van der Waals surface area contributed by atoms with Crippen LogP contribution in [-0.2, 0) is 9.53 Å². The van der Waals surface area contributed by atoms with E-state index in [9.17, 15) is 9.59 Å². The van der Waals surface area contributed by atoms with Crippen molar-refractivity contribution in [3.8, 4) is 0 Å². The lowest BCUT2D eigenvalue weighted by Crippen LogP contribution is -2.14. The first-order chi connectivity index (χ1) is 12.7. The molecule has 0 unspecified atom stereocenters. The molecule has 2 aromatic heterocycles. The van der Waals surface area contributed by atoms with Crippen LogP contribution in [-0.4, -0.2) is 29.2 Å². The highest BCUT2D eigenvalue weighted by Gasteiger charge is 2.27. The molecule has 4 rings (SSSR count). The van der Waals surface area contributed by atoms with Gasteiger partial charge in [0.1, 0.15) is 5.71 Å². The molecule has 1 amide bonds. The van der Waals surface area contributed by atoms with Crippen LogP contribution in [0.2, 0.25) is 0 Å². The van der Waals surface area contributed by atoms with Crippen molar-refractivity contribution in [2.75, 3.05) is 6.61 Å². The van der Waals surface area contributed by atoms with Gasteiger partial charge in [-0.1, -0.05) is 24.3 Å². The third-order valence-corrected chi connectivity index (χ3v) is 4.90. The Morgan fingerprint density at radius 3 is 2.88 bits per heavy atom. The number of aromatic amines is 1. The third-order valence-electron chi connectivity index (χ3n) is 4.03. The molecule has 1 aliphatic rings. The van der Waals surface area contributed by atoms with Crippen molar-refractivity contribution in [1.29, 1.82) is 0 Å². The Labute approximate surface area is 153 Å². The molecule has 0 saturated carbocycles. The van der Waals surface area contributed by atoms with Crippen LogP contribution in [0.15, 0.2) is 52.5 Å². The summed E-state index contributed by atoms with van der Waals surface area (Å²) in [6, 6.07) is 11.3. The summed E-state index contributed by atoms with van der Waals surface area (Å²) >= 11 is 1.49. The summed E-state index contributed by atoms with van der Waals surface area (Å²) in [6.45, 7) is 2.04. The van der Waals surface area contributed by atoms with Crippen molar-refractivity contribution in [2.24, 2.45) is 5.10 Å². The number of aromatic nitrogens is 1. The smallest absolute Gasteiger partial charge is 0.340 e. The maximum absolute atomic E-state index is 12.5. The van der Waals surface area contributed by atoms with Crippen LogP contribution in [0.4, 0.5) is 0 Å². The molecule has 1 aliphatic heterocycles. The Morgan fingerprint density at radius 2 is 2.12 bits per heavy atom. The molecule has 3 heterocycles. The maximum atomic E-state index is 12.5. The first-order valence-corrected chi connectivity index (χ1v) is 8.98. The average molecular weight is 365 g/mol. The van der Waals surface area contributed by atoms with Gasteiger partial charge in [0.2, 0.25) is 0 Å². The zero-order valence-electron chi connectivity index (χ0n) is 13.9. The van der Waals surface area contributed by atoms with E-state index in [0.29, 0.717) is 22.5 Å². The van der Waals surface area contributed by atoms with Gasteiger partial charge >= 0.3 is 5.97 Å². The van der Waals surface area contributed by atoms with Gasteiger partial charge in [0, 0.05) is 10.9 Å². The standard InChI is InChI=1S/C19H15N3O3S/c1-2-25-19(24)16-11-6-3-4-7-13(11)20-14(16)10-12-17(21-22-18(12)23)15-8-5-9-26-15/h3-10,20H,2H2,1H3,(H,22,23). The molecule has 0 aliphatic carbocycles. The Morgan fingerprint density at radius 1 is 1.27 bits per heavy atom. The molecule has 0 spiro atoms. The summed E-state index contributed by atoms with van der Waals surface area (Å²) in [5.41, 5.74) is 5.22. The lowest BCUT2D eigenvalue weighted by atomic mass is 10.1. The molecule has 7 heteroatoms. The van der Waals surface area contributed by atoms with E-state index in [0.717, 1.165) is 15.8 Å². The highest BCUT2D eigenvalue weighted by Crippen LogP contribution is 2.27. The fraction of sp³-hybridized carbons (Fsp3) is 0.105. The molecule has 0 bridgehead atoms. The van der Waals surface area contributed by atoms with Crippen LogP contribution >= 0.6 is 11.3 Å². The number of benzene rings is 1. The van der Waals surface area contributed by atoms with Crippen LogP contribution < -0.4 is 5.43 Å². The Balaban J connectivity index is 1.87. The molecule has 1 aromatic carbocycles. The summed E-state index contributed by atoms with van der Waals surface area (Å²) < 4.78 is 5.21. The maximum Gasteiger partial charge on any atom is 0.340 e. The minimum Gasteiger partial charge on any atom is -0.462 e. The van der Waals surface area contributed by atoms with Gasteiger partial charge in [0.05, 0.1) is 28.3 Å². The summed E-state index contributed by atoms with van der Waals surface area (Å²) in [6.07, 6.45) is 1.66. The molecular weight excluding hydrogens is 350 g/mol. The van der Waals surface area contributed by atoms with E-state index in [2.05, 4.69) is 15.5 Å². The highest BCUT2D eigenvalue weighted by atomic mass is 32.1. The highest BCUT2D eigenvalue weighted by molar-refractivity contribution is 7.12. The second kappa shape index (κ2) is 6.61. The number of ether oxygens (including phenoxy) is 1. The van der Waals surface area contributed by atoms with Gasteiger partial charge < -0.3 is 9.72 Å². The molecule has 2 N–H and O–H groups in total. The minimum atomic E-state index is -0.426. The molecular formula is C19H15N3O3S. The van der Waals surface area contributed by atoms with Crippen LogP contribution in [0.1, 0.15) is 27.9 Å². The van der Waals surface area contributed by atoms with Crippen LogP contribution in [0.5, 0.6) is 0 Å². The normalized spacial score (nSPS) is 15.3. The first-order valence-electron chi connectivity index (χ1n) is 8.11. The van der Waals surface area contributed by atoms with Crippen LogP contribution in [0.25, 0.3) is 17.0 Å². The number of rotatable bonds is 4. The second-order valence-corrected chi connectivity index (χ2v) is 6.56. The summed E-state index contributed by atoms with van der Waals surface area (Å²) in [4.78, 5) is 28.9. The monoisotopic (exact) mass is 365 g/mol. The van der Waals surface area contributed by atoms with Crippen molar-refractivity contribution < 1.29 is 14.3 Å². The fourth-order valence-corrected chi connectivity index (χ4v) is 3.64. The summed E-state index contributed by atoms with van der Waals surface area (Å²) in [5, 5.41) is 6.81. The van der Waals surface area contributed by atoms with E-state index in [1.807, 2.05) is 41.8 Å². The van der Waals surface area contributed by atoms with E-state index in [4.69, 9.17) is 4.74 Å². The molecule has 0 atom stereocenters. The number of H-pyrrole nitrogens is 1. The largest absolute Gasteiger partial charge is 0.462 e. The number of amides is 1. The zero-order chi connectivity index (χ0) is 18.1. The van der Waals surface area contributed by atoms with Crippen molar-refractivity contribution in [1.82, 2.24) is 10.4 Å². The summed E-state index contributed by atoms with van der Waals surface area (Å²) in [5.74, 6) is -0.730. The van der Waals surface area contributed by atoms with E-state index >= 15 is 0 Å². The number of carbonyl (C=O) groups excluding carboxylic acids is 2. The number of nitrogens with one attached hydrogen (secondary N) is 2. The molecule has 0 saturated heterocycles. The topological polar surface area (TPSA) is 83.6 Å².